The number of methoxy groups -OCH3 is 1. The summed E-state index contributed by atoms with van der Waals surface area (Å²) in [6.07, 6.45) is 1.45. The summed E-state index contributed by atoms with van der Waals surface area (Å²) in [7, 11) is -0.923. The van der Waals surface area contributed by atoms with Gasteiger partial charge < -0.3 is 4.74 Å². The highest BCUT2D eigenvalue weighted by atomic mass is 35.7. The zero-order valence-electron chi connectivity index (χ0n) is 11.7. The highest BCUT2D eigenvalue weighted by Crippen LogP contribution is 2.18. The first kappa shape index (κ1) is 18.4. The minimum absolute atomic E-state index is 0.0243. The molecule has 0 amide bonds. The maximum atomic E-state index is 12.2. The number of halogens is 1. The molecule has 0 radical (unpaired) electrons. The highest BCUT2D eigenvalue weighted by molar-refractivity contribution is 8.13. The number of ether oxygens (including phenoxy) is 1. The molecule has 21 heavy (non-hydrogen) atoms. The lowest BCUT2D eigenvalue weighted by atomic mass is 10.2. The van der Waals surface area contributed by atoms with Crippen molar-refractivity contribution in [2.75, 3.05) is 13.7 Å². The lowest BCUT2D eigenvalue weighted by molar-refractivity contribution is 0.171. The molecule has 0 spiro atoms. The largest absolute Gasteiger partial charge is 0.383 e. The Bertz CT molecular complexity index is 649. The van der Waals surface area contributed by atoms with Gasteiger partial charge in [0.05, 0.1) is 16.4 Å². The van der Waals surface area contributed by atoms with Crippen LogP contribution in [0.2, 0.25) is 0 Å². The second-order valence-electron chi connectivity index (χ2n) is 4.47. The van der Waals surface area contributed by atoms with Crippen molar-refractivity contribution in [1.29, 1.82) is 0 Å². The maximum absolute atomic E-state index is 12.2. The van der Waals surface area contributed by atoms with Gasteiger partial charge in [0.1, 0.15) is 0 Å². The Hall–Kier alpha value is -0.670. The van der Waals surface area contributed by atoms with E-state index < -0.39 is 19.1 Å². The third kappa shape index (κ3) is 5.55. The zero-order valence-corrected chi connectivity index (χ0v) is 14.1. The number of benzene rings is 1. The van der Waals surface area contributed by atoms with Crippen LogP contribution in [0.4, 0.5) is 0 Å². The predicted molar refractivity (Wildman–Crippen MR) is 80.4 cm³/mol. The van der Waals surface area contributed by atoms with Crippen LogP contribution in [0, 0.1) is 0 Å². The van der Waals surface area contributed by atoms with Crippen LogP contribution in [0.5, 0.6) is 0 Å². The van der Waals surface area contributed by atoms with Gasteiger partial charge in [-0.1, -0.05) is 13.3 Å². The number of nitrogens with one attached hydrogen (secondary N) is 1. The van der Waals surface area contributed by atoms with E-state index in [9.17, 15) is 16.8 Å². The molecule has 9 heteroatoms. The van der Waals surface area contributed by atoms with Gasteiger partial charge in [-0.3, -0.25) is 0 Å². The lowest BCUT2D eigenvalue weighted by Crippen LogP contribution is -2.37. The van der Waals surface area contributed by atoms with E-state index in [2.05, 4.69) is 4.72 Å². The standard InChI is InChI=1S/C12H18ClNO5S2/c1-3-4-10(9-19-2)14-21(17,18)12-7-5-11(6-8-12)20(13,15)16/h5-8,10,14H,3-4,9H2,1-2H3. The topological polar surface area (TPSA) is 89.5 Å². The van der Waals surface area contributed by atoms with Crippen LogP contribution >= 0.6 is 10.7 Å². The fourth-order valence-electron chi connectivity index (χ4n) is 1.79. The molecule has 0 heterocycles. The molecule has 0 fully saturated rings. The molecule has 0 aliphatic carbocycles. The smallest absolute Gasteiger partial charge is 0.261 e. The Labute approximate surface area is 129 Å². The minimum Gasteiger partial charge on any atom is -0.383 e. The van der Waals surface area contributed by atoms with Crippen molar-refractivity contribution in [2.45, 2.75) is 35.6 Å². The number of hydrogen-bond donors (Lipinski definition) is 1. The SMILES string of the molecule is CCCC(COC)NS(=O)(=O)c1ccc(S(=O)(=O)Cl)cc1. The molecule has 1 atom stereocenters. The molecule has 0 saturated heterocycles. The Balaban J connectivity index is 2.97. The molecule has 1 aromatic carbocycles. The van der Waals surface area contributed by atoms with Crippen LogP contribution in [0.1, 0.15) is 19.8 Å². The van der Waals surface area contributed by atoms with Crippen LogP contribution in [-0.4, -0.2) is 36.6 Å². The second kappa shape index (κ2) is 7.55. The molecule has 1 aromatic rings. The monoisotopic (exact) mass is 355 g/mol. The molecule has 0 aliphatic heterocycles. The van der Waals surface area contributed by atoms with Gasteiger partial charge in [-0.2, -0.15) is 0 Å². The summed E-state index contributed by atoms with van der Waals surface area (Å²) in [6, 6.07) is 4.38. The number of rotatable bonds is 8. The van der Waals surface area contributed by atoms with Gasteiger partial charge >= 0.3 is 0 Å². The van der Waals surface area contributed by atoms with E-state index >= 15 is 0 Å². The van der Waals surface area contributed by atoms with Gasteiger partial charge in [0.15, 0.2) is 0 Å². The van der Waals surface area contributed by atoms with Crippen molar-refractivity contribution in [3.05, 3.63) is 24.3 Å². The summed E-state index contributed by atoms with van der Waals surface area (Å²) in [4.78, 5) is -0.172. The number of sulfonamides is 1. The highest BCUT2D eigenvalue weighted by Gasteiger charge is 2.20. The van der Waals surface area contributed by atoms with Crippen molar-refractivity contribution >= 4 is 29.8 Å². The van der Waals surface area contributed by atoms with Crippen LogP contribution in [0.3, 0.4) is 0 Å². The molecular weight excluding hydrogens is 338 g/mol. The average molecular weight is 356 g/mol. The van der Waals surface area contributed by atoms with Crippen LogP contribution in [0.15, 0.2) is 34.1 Å². The zero-order chi connectivity index (χ0) is 16.1. The van der Waals surface area contributed by atoms with E-state index in [1.165, 1.54) is 19.2 Å². The molecule has 1 rings (SSSR count). The van der Waals surface area contributed by atoms with Crippen molar-refractivity contribution in [3.8, 4) is 0 Å². The molecule has 1 unspecified atom stereocenters. The van der Waals surface area contributed by atoms with Crippen LogP contribution in [0.25, 0.3) is 0 Å². The molecule has 1 N–H and O–H groups in total. The normalized spacial score (nSPS) is 14.0. The molecule has 0 bridgehead atoms. The first-order valence-electron chi connectivity index (χ1n) is 6.26. The quantitative estimate of drug-likeness (QED) is 0.717. The van der Waals surface area contributed by atoms with Gasteiger partial charge in [0.2, 0.25) is 10.0 Å². The van der Waals surface area contributed by atoms with Crippen molar-refractivity contribution < 1.29 is 21.6 Å². The second-order valence-corrected chi connectivity index (χ2v) is 8.75. The van der Waals surface area contributed by atoms with E-state index in [-0.39, 0.29) is 22.4 Å². The van der Waals surface area contributed by atoms with Gasteiger partial charge in [-0.25, -0.2) is 21.6 Å². The third-order valence-electron chi connectivity index (χ3n) is 2.74. The first-order valence-corrected chi connectivity index (χ1v) is 10.1. The Morgan fingerprint density at radius 1 is 1.14 bits per heavy atom. The van der Waals surface area contributed by atoms with Crippen LogP contribution in [-0.2, 0) is 23.8 Å². The summed E-state index contributed by atoms with van der Waals surface area (Å²) in [5, 5.41) is 0. The Kier molecular flexibility index (Phi) is 6.61. The molecular formula is C12H18ClNO5S2. The van der Waals surface area contributed by atoms with E-state index in [0.29, 0.717) is 6.42 Å². The van der Waals surface area contributed by atoms with E-state index in [4.69, 9.17) is 15.4 Å². The third-order valence-corrected chi connectivity index (χ3v) is 5.65. The molecule has 0 aromatic heterocycles. The average Bonchev–Trinajstić information content (AvgIpc) is 2.38. The van der Waals surface area contributed by atoms with Gasteiger partial charge in [0, 0.05) is 23.8 Å². The van der Waals surface area contributed by atoms with Gasteiger partial charge in [0.25, 0.3) is 9.05 Å². The fraction of sp³-hybridized carbons (Fsp3) is 0.500. The lowest BCUT2D eigenvalue weighted by Gasteiger charge is -2.17. The predicted octanol–water partition coefficient (Wildman–Crippen LogP) is 1.71. The summed E-state index contributed by atoms with van der Waals surface area (Å²) in [5.74, 6) is 0. The summed E-state index contributed by atoms with van der Waals surface area (Å²) >= 11 is 0. The van der Waals surface area contributed by atoms with Crippen molar-refractivity contribution in [2.24, 2.45) is 0 Å². The minimum atomic E-state index is -3.87. The molecule has 120 valence electrons. The fourth-order valence-corrected chi connectivity index (χ4v) is 3.82. The molecule has 6 nitrogen and oxygen atoms in total. The van der Waals surface area contributed by atoms with Crippen molar-refractivity contribution in [3.63, 3.8) is 0 Å². The number of hydrogen-bond acceptors (Lipinski definition) is 5. The molecule has 0 aliphatic rings. The Morgan fingerprint density at radius 3 is 2.10 bits per heavy atom. The first-order chi connectivity index (χ1) is 9.70. The summed E-state index contributed by atoms with van der Waals surface area (Å²) < 4.78 is 54.2. The van der Waals surface area contributed by atoms with Gasteiger partial charge in [-0.15, -0.1) is 0 Å². The Morgan fingerprint density at radius 2 is 1.67 bits per heavy atom. The van der Waals surface area contributed by atoms with Crippen LogP contribution < -0.4 is 4.72 Å². The van der Waals surface area contributed by atoms with E-state index in [1.54, 1.807) is 0 Å². The molecule has 0 saturated carbocycles. The maximum Gasteiger partial charge on any atom is 0.261 e. The van der Waals surface area contributed by atoms with E-state index in [0.717, 1.165) is 18.6 Å². The summed E-state index contributed by atoms with van der Waals surface area (Å²) in [5.41, 5.74) is 0. The summed E-state index contributed by atoms with van der Waals surface area (Å²) in [6.45, 7) is 2.21. The van der Waals surface area contributed by atoms with Crippen molar-refractivity contribution in [1.82, 2.24) is 4.72 Å². The van der Waals surface area contributed by atoms with Gasteiger partial charge in [-0.05, 0) is 30.7 Å². The van der Waals surface area contributed by atoms with E-state index in [1.807, 2.05) is 6.92 Å².